The lowest BCUT2D eigenvalue weighted by Gasteiger charge is -2.27. The Morgan fingerprint density at radius 1 is 1.29 bits per heavy atom. The second kappa shape index (κ2) is 5.56. The van der Waals surface area contributed by atoms with Gasteiger partial charge in [-0.2, -0.15) is 0 Å². The summed E-state index contributed by atoms with van der Waals surface area (Å²) < 4.78 is 13.1. The minimum atomic E-state index is -0.548. The van der Waals surface area contributed by atoms with Crippen LogP contribution in [0.2, 0.25) is 0 Å². The van der Waals surface area contributed by atoms with Crippen LogP contribution in [0.15, 0.2) is 29.6 Å². The Morgan fingerprint density at radius 2 is 1.95 bits per heavy atom. The van der Waals surface area contributed by atoms with Crippen molar-refractivity contribution in [1.82, 2.24) is 4.98 Å². The van der Waals surface area contributed by atoms with Crippen molar-refractivity contribution in [2.75, 3.05) is 5.32 Å². The topological polar surface area (TPSA) is 42.0 Å². The summed E-state index contributed by atoms with van der Waals surface area (Å²) in [7, 11) is 0. The third-order valence-electron chi connectivity index (χ3n) is 4.13. The van der Waals surface area contributed by atoms with Gasteiger partial charge in [0.05, 0.1) is 11.1 Å². The first kappa shape index (κ1) is 14.2. The molecular formula is C16H17FN2OS. The van der Waals surface area contributed by atoms with Gasteiger partial charge in [-0.05, 0) is 37.5 Å². The lowest BCUT2D eigenvalue weighted by molar-refractivity contribution is -0.121. The Morgan fingerprint density at radius 3 is 2.52 bits per heavy atom. The molecule has 1 amide bonds. The average Bonchev–Trinajstić information content (AvgIpc) is 3.10. The molecule has 0 bridgehead atoms. The van der Waals surface area contributed by atoms with E-state index in [1.165, 1.54) is 23.5 Å². The molecule has 3 nitrogen and oxygen atoms in total. The molecule has 1 N–H and O–H groups in total. The molecule has 0 atom stereocenters. The molecule has 1 heterocycles. The highest BCUT2D eigenvalue weighted by atomic mass is 32.1. The van der Waals surface area contributed by atoms with Gasteiger partial charge in [0.1, 0.15) is 5.82 Å². The van der Waals surface area contributed by atoms with Crippen molar-refractivity contribution >= 4 is 22.4 Å². The van der Waals surface area contributed by atoms with Gasteiger partial charge in [-0.1, -0.05) is 25.0 Å². The zero-order chi connectivity index (χ0) is 14.9. The lowest BCUT2D eigenvalue weighted by atomic mass is 9.78. The summed E-state index contributed by atoms with van der Waals surface area (Å²) in [6.07, 6.45) is 3.63. The fraction of sp³-hybridized carbons (Fsp3) is 0.375. The smallest absolute Gasteiger partial charge is 0.236 e. The van der Waals surface area contributed by atoms with Crippen molar-refractivity contribution in [3.8, 4) is 0 Å². The molecule has 3 rings (SSSR count). The first-order chi connectivity index (χ1) is 10.1. The summed E-state index contributed by atoms with van der Waals surface area (Å²) in [6.45, 7) is 1.90. The molecule has 5 heteroatoms. The second-order valence-electron chi connectivity index (χ2n) is 5.54. The number of thiazole rings is 1. The fourth-order valence-electron chi connectivity index (χ4n) is 3.02. The number of aromatic nitrogens is 1. The van der Waals surface area contributed by atoms with Crippen LogP contribution in [0.5, 0.6) is 0 Å². The zero-order valence-corrected chi connectivity index (χ0v) is 12.7. The summed E-state index contributed by atoms with van der Waals surface area (Å²) in [5.74, 6) is -0.302. The van der Waals surface area contributed by atoms with Crippen molar-refractivity contribution < 1.29 is 9.18 Å². The highest BCUT2D eigenvalue weighted by Crippen LogP contribution is 2.42. The normalized spacial score (nSPS) is 16.9. The second-order valence-corrected chi connectivity index (χ2v) is 6.40. The number of carbonyl (C=O) groups excluding carboxylic acids is 1. The number of aryl methyl sites for hydroxylation is 1. The van der Waals surface area contributed by atoms with Crippen LogP contribution >= 0.6 is 11.3 Å². The standard InChI is InChI=1S/C16H17FN2OS/c1-11-10-21-15(18-11)19-14(20)16(8-2-3-9-16)12-4-6-13(17)7-5-12/h4-7,10H,2-3,8-9H2,1H3,(H,18,19,20). The van der Waals surface area contributed by atoms with Crippen molar-refractivity contribution in [1.29, 1.82) is 0 Å². The first-order valence-corrected chi connectivity index (χ1v) is 7.98. The molecule has 2 aromatic rings. The molecule has 0 unspecified atom stereocenters. The van der Waals surface area contributed by atoms with Crippen LogP contribution in [0.25, 0.3) is 0 Å². The van der Waals surface area contributed by atoms with Gasteiger partial charge in [0.2, 0.25) is 5.91 Å². The Bertz CT molecular complexity index is 645. The molecule has 1 aliphatic carbocycles. The molecule has 1 saturated carbocycles. The Balaban J connectivity index is 1.89. The van der Waals surface area contributed by atoms with Crippen LogP contribution in [-0.4, -0.2) is 10.9 Å². The van der Waals surface area contributed by atoms with Gasteiger partial charge in [-0.15, -0.1) is 11.3 Å². The van der Waals surface area contributed by atoms with Crippen LogP contribution < -0.4 is 5.32 Å². The van der Waals surface area contributed by atoms with E-state index in [2.05, 4.69) is 10.3 Å². The predicted octanol–water partition coefficient (Wildman–Crippen LogP) is 4.04. The number of amides is 1. The fourth-order valence-corrected chi connectivity index (χ4v) is 3.71. The summed E-state index contributed by atoms with van der Waals surface area (Å²) in [5.41, 5.74) is 1.25. The quantitative estimate of drug-likeness (QED) is 0.930. The lowest BCUT2D eigenvalue weighted by Crippen LogP contribution is -2.38. The van der Waals surface area contributed by atoms with Gasteiger partial charge < -0.3 is 5.32 Å². The monoisotopic (exact) mass is 304 g/mol. The van der Waals surface area contributed by atoms with Gasteiger partial charge in [-0.25, -0.2) is 9.37 Å². The van der Waals surface area contributed by atoms with E-state index in [-0.39, 0.29) is 11.7 Å². The molecule has 21 heavy (non-hydrogen) atoms. The number of nitrogens with one attached hydrogen (secondary N) is 1. The molecule has 0 aliphatic heterocycles. The molecular weight excluding hydrogens is 287 g/mol. The minimum Gasteiger partial charge on any atom is -0.301 e. The first-order valence-electron chi connectivity index (χ1n) is 7.10. The van der Waals surface area contributed by atoms with Crippen LogP contribution in [0.3, 0.4) is 0 Å². The van der Waals surface area contributed by atoms with Gasteiger partial charge in [0.25, 0.3) is 0 Å². The van der Waals surface area contributed by atoms with E-state index in [4.69, 9.17) is 0 Å². The number of carbonyl (C=O) groups is 1. The van der Waals surface area contributed by atoms with E-state index in [0.29, 0.717) is 5.13 Å². The van der Waals surface area contributed by atoms with E-state index < -0.39 is 5.41 Å². The van der Waals surface area contributed by atoms with E-state index in [9.17, 15) is 9.18 Å². The number of nitrogens with zero attached hydrogens (tertiary/aromatic N) is 1. The van der Waals surface area contributed by atoms with E-state index in [1.807, 2.05) is 12.3 Å². The molecule has 0 saturated heterocycles. The number of rotatable bonds is 3. The maximum absolute atomic E-state index is 13.1. The molecule has 1 fully saturated rings. The third kappa shape index (κ3) is 2.70. The van der Waals surface area contributed by atoms with Crippen LogP contribution in [0.1, 0.15) is 36.9 Å². The van der Waals surface area contributed by atoms with E-state index in [0.717, 1.165) is 36.9 Å². The van der Waals surface area contributed by atoms with Crippen LogP contribution in [0.4, 0.5) is 9.52 Å². The number of hydrogen-bond donors (Lipinski definition) is 1. The Kier molecular flexibility index (Phi) is 3.76. The van der Waals surface area contributed by atoms with Crippen molar-refractivity contribution in [3.05, 3.63) is 46.7 Å². The maximum atomic E-state index is 13.1. The minimum absolute atomic E-state index is 0.0269. The molecule has 1 aromatic carbocycles. The van der Waals surface area contributed by atoms with Gasteiger partial charge in [0.15, 0.2) is 5.13 Å². The molecule has 0 radical (unpaired) electrons. The zero-order valence-electron chi connectivity index (χ0n) is 11.9. The van der Waals surface area contributed by atoms with Gasteiger partial charge in [-0.3, -0.25) is 4.79 Å². The average molecular weight is 304 g/mol. The number of benzene rings is 1. The maximum Gasteiger partial charge on any atom is 0.236 e. The molecule has 1 aromatic heterocycles. The highest BCUT2D eigenvalue weighted by molar-refractivity contribution is 7.13. The Hall–Kier alpha value is -1.75. The van der Waals surface area contributed by atoms with Crippen molar-refractivity contribution in [2.24, 2.45) is 0 Å². The highest BCUT2D eigenvalue weighted by Gasteiger charge is 2.42. The van der Waals surface area contributed by atoms with Gasteiger partial charge >= 0.3 is 0 Å². The number of hydrogen-bond acceptors (Lipinski definition) is 3. The van der Waals surface area contributed by atoms with E-state index >= 15 is 0 Å². The van der Waals surface area contributed by atoms with Crippen molar-refractivity contribution in [3.63, 3.8) is 0 Å². The van der Waals surface area contributed by atoms with Gasteiger partial charge in [0, 0.05) is 5.38 Å². The molecule has 0 spiro atoms. The van der Waals surface area contributed by atoms with Crippen LogP contribution in [-0.2, 0) is 10.2 Å². The molecule has 110 valence electrons. The van der Waals surface area contributed by atoms with Crippen molar-refractivity contribution in [2.45, 2.75) is 38.0 Å². The predicted molar refractivity (Wildman–Crippen MR) is 82.0 cm³/mol. The number of halogens is 1. The molecule has 1 aliphatic rings. The Labute approximate surface area is 127 Å². The summed E-state index contributed by atoms with van der Waals surface area (Å²) >= 11 is 1.43. The largest absolute Gasteiger partial charge is 0.301 e. The number of anilines is 1. The third-order valence-corrected chi connectivity index (χ3v) is 5.00. The van der Waals surface area contributed by atoms with E-state index in [1.54, 1.807) is 12.1 Å². The summed E-state index contributed by atoms with van der Waals surface area (Å²) in [6, 6.07) is 6.31. The summed E-state index contributed by atoms with van der Waals surface area (Å²) in [4.78, 5) is 17.1. The summed E-state index contributed by atoms with van der Waals surface area (Å²) in [5, 5.41) is 5.48. The van der Waals surface area contributed by atoms with Crippen LogP contribution in [0, 0.1) is 12.7 Å². The SMILES string of the molecule is Cc1csc(NC(=O)C2(c3ccc(F)cc3)CCCC2)n1.